The molecule has 0 radical (unpaired) electrons. The van der Waals surface area contributed by atoms with Crippen LogP contribution in [0.2, 0.25) is 0 Å². The van der Waals surface area contributed by atoms with Gasteiger partial charge in [0.1, 0.15) is 0 Å². The van der Waals surface area contributed by atoms with Gasteiger partial charge >= 0.3 is 0 Å². The summed E-state index contributed by atoms with van der Waals surface area (Å²) in [5.41, 5.74) is 0. The Morgan fingerprint density at radius 1 is 1.18 bits per heavy atom. The normalized spacial score (nSPS) is 9.64. The fourth-order valence-corrected chi connectivity index (χ4v) is 0.623. The summed E-state index contributed by atoms with van der Waals surface area (Å²) in [5.74, 6) is 0.373. The summed E-state index contributed by atoms with van der Waals surface area (Å²) in [6.45, 7) is 0. The minimum absolute atomic E-state index is 0.373. The summed E-state index contributed by atoms with van der Waals surface area (Å²) in [6, 6.07) is 1.72. The highest BCUT2D eigenvalue weighted by Gasteiger charge is 2.04. The third-order valence-corrected chi connectivity index (χ3v) is 1.05. The lowest BCUT2D eigenvalue weighted by molar-refractivity contribution is -0.0471. The quantitative estimate of drug-likeness (QED) is 0.591. The van der Waals surface area contributed by atoms with Crippen molar-refractivity contribution >= 4 is 5.95 Å². The van der Waals surface area contributed by atoms with E-state index in [1.807, 2.05) is 0 Å². The van der Waals surface area contributed by atoms with Crippen molar-refractivity contribution in [3.63, 3.8) is 0 Å². The topological polar surface area (TPSA) is 47.5 Å². The first-order valence-corrected chi connectivity index (χ1v) is 3.04. The van der Waals surface area contributed by atoms with E-state index >= 15 is 0 Å². The van der Waals surface area contributed by atoms with Crippen molar-refractivity contribution < 1.29 is 9.68 Å². The lowest BCUT2D eigenvalue weighted by Crippen LogP contribution is -2.21. The van der Waals surface area contributed by atoms with Gasteiger partial charge in [-0.15, -0.1) is 0 Å². The molecule has 0 saturated carbocycles. The van der Waals surface area contributed by atoms with E-state index in [0.717, 1.165) is 5.23 Å². The van der Waals surface area contributed by atoms with E-state index in [-0.39, 0.29) is 0 Å². The molecule has 0 unspecified atom stereocenters. The first-order valence-electron chi connectivity index (χ1n) is 3.04. The number of anilines is 1. The zero-order chi connectivity index (χ0) is 8.10. The molecule has 0 aliphatic heterocycles. The zero-order valence-corrected chi connectivity index (χ0v) is 6.39. The Hall–Kier alpha value is -1.20. The van der Waals surface area contributed by atoms with Crippen LogP contribution >= 0.6 is 0 Å². The lowest BCUT2D eigenvalue weighted by atomic mass is 10.7. The minimum Gasteiger partial charge on any atom is -0.249 e. The molecule has 0 bridgehead atoms. The third-order valence-electron chi connectivity index (χ3n) is 1.05. The molecule has 0 aliphatic rings. The van der Waals surface area contributed by atoms with Crippen LogP contribution in [-0.4, -0.2) is 24.2 Å². The molecule has 5 nitrogen and oxygen atoms in total. The fourth-order valence-electron chi connectivity index (χ4n) is 0.623. The number of rotatable bonds is 3. The van der Waals surface area contributed by atoms with Gasteiger partial charge in [-0.05, 0) is 6.07 Å². The summed E-state index contributed by atoms with van der Waals surface area (Å²) in [7, 11) is 2.94. The molecule has 1 aromatic rings. The zero-order valence-electron chi connectivity index (χ0n) is 6.39. The van der Waals surface area contributed by atoms with Crippen LogP contribution in [0.1, 0.15) is 0 Å². The standard InChI is InChI=1S/C6H9N3O2/c1-10-9(11-2)6-7-4-3-5-8-6/h3-5H,1-2H3. The average Bonchev–Trinajstić information content (AvgIpc) is 2.09. The Morgan fingerprint density at radius 2 is 1.73 bits per heavy atom. The van der Waals surface area contributed by atoms with Crippen LogP contribution in [-0.2, 0) is 9.68 Å². The average molecular weight is 155 g/mol. The van der Waals surface area contributed by atoms with Crippen LogP contribution in [0.4, 0.5) is 5.95 Å². The molecule has 1 heterocycles. The molecule has 0 amide bonds. The summed E-state index contributed by atoms with van der Waals surface area (Å²) in [4.78, 5) is 17.3. The number of hydrogen-bond acceptors (Lipinski definition) is 5. The van der Waals surface area contributed by atoms with E-state index in [1.54, 1.807) is 18.5 Å². The first-order chi connectivity index (χ1) is 5.38. The highest BCUT2D eigenvalue weighted by atomic mass is 16.9. The smallest absolute Gasteiger partial charge is 0.249 e. The molecule has 0 fully saturated rings. The summed E-state index contributed by atoms with van der Waals surface area (Å²) in [6.07, 6.45) is 3.21. The van der Waals surface area contributed by atoms with Crippen LogP contribution < -0.4 is 5.23 Å². The van der Waals surface area contributed by atoms with Gasteiger partial charge in [0, 0.05) is 12.4 Å². The predicted octanol–water partition coefficient (Wildman–Crippen LogP) is 0.406. The number of nitrogens with zero attached hydrogens (tertiary/aromatic N) is 3. The van der Waals surface area contributed by atoms with Gasteiger partial charge in [0.25, 0.3) is 5.95 Å². The van der Waals surface area contributed by atoms with Gasteiger partial charge < -0.3 is 0 Å². The molecule has 60 valence electrons. The van der Waals surface area contributed by atoms with Crippen molar-refractivity contribution in [1.29, 1.82) is 0 Å². The monoisotopic (exact) mass is 155 g/mol. The molecule has 1 rings (SSSR count). The maximum atomic E-state index is 4.77. The second kappa shape index (κ2) is 3.85. The molecule has 0 atom stereocenters. The van der Waals surface area contributed by atoms with Crippen molar-refractivity contribution in [1.82, 2.24) is 9.97 Å². The maximum absolute atomic E-state index is 4.77. The van der Waals surface area contributed by atoms with E-state index in [0.29, 0.717) is 5.95 Å². The molecule has 0 N–H and O–H groups in total. The predicted molar refractivity (Wildman–Crippen MR) is 38.5 cm³/mol. The largest absolute Gasteiger partial charge is 0.277 e. The Kier molecular flexibility index (Phi) is 2.76. The molecule has 5 heteroatoms. The summed E-state index contributed by atoms with van der Waals surface area (Å²) >= 11 is 0. The van der Waals surface area contributed by atoms with Crippen molar-refractivity contribution in [2.75, 3.05) is 19.4 Å². The van der Waals surface area contributed by atoms with Crippen molar-refractivity contribution in [3.8, 4) is 0 Å². The number of hydrogen-bond donors (Lipinski definition) is 0. The van der Waals surface area contributed by atoms with Gasteiger partial charge in [0.15, 0.2) is 0 Å². The van der Waals surface area contributed by atoms with E-state index in [4.69, 9.17) is 9.68 Å². The van der Waals surface area contributed by atoms with Crippen LogP contribution in [0.15, 0.2) is 18.5 Å². The van der Waals surface area contributed by atoms with Crippen LogP contribution in [0, 0.1) is 0 Å². The Balaban J connectivity index is 2.74. The molecular formula is C6H9N3O2. The number of aromatic nitrogens is 2. The molecule has 1 aromatic heterocycles. The Labute approximate surface area is 64.5 Å². The maximum Gasteiger partial charge on any atom is 0.277 e. The van der Waals surface area contributed by atoms with Crippen LogP contribution in [0.5, 0.6) is 0 Å². The first kappa shape index (κ1) is 7.90. The second-order valence-electron chi connectivity index (χ2n) is 1.67. The van der Waals surface area contributed by atoms with E-state index < -0.39 is 0 Å². The summed E-state index contributed by atoms with van der Waals surface area (Å²) in [5, 5.41) is 1.11. The minimum atomic E-state index is 0.373. The molecule has 0 aliphatic carbocycles. The van der Waals surface area contributed by atoms with Gasteiger partial charge in [-0.1, -0.05) is 5.23 Å². The van der Waals surface area contributed by atoms with Gasteiger partial charge in [-0.2, -0.15) is 0 Å². The van der Waals surface area contributed by atoms with Gasteiger partial charge in [0.05, 0.1) is 14.2 Å². The molecule has 0 saturated heterocycles. The highest BCUT2D eigenvalue weighted by molar-refractivity contribution is 5.18. The summed E-state index contributed by atoms with van der Waals surface area (Å²) < 4.78 is 0. The van der Waals surface area contributed by atoms with Crippen LogP contribution in [0.25, 0.3) is 0 Å². The molecule has 0 aromatic carbocycles. The second-order valence-corrected chi connectivity index (χ2v) is 1.67. The van der Waals surface area contributed by atoms with Gasteiger partial charge in [-0.3, -0.25) is 0 Å². The van der Waals surface area contributed by atoms with Crippen molar-refractivity contribution in [2.24, 2.45) is 0 Å². The van der Waals surface area contributed by atoms with E-state index in [9.17, 15) is 0 Å². The van der Waals surface area contributed by atoms with Crippen molar-refractivity contribution in [2.45, 2.75) is 0 Å². The fraction of sp³-hybridized carbons (Fsp3) is 0.333. The molecular weight excluding hydrogens is 146 g/mol. The lowest BCUT2D eigenvalue weighted by Gasteiger charge is -2.14. The van der Waals surface area contributed by atoms with E-state index in [1.165, 1.54) is 14.2 Å². The third kappa shape index (κ3) is 1.86. The molecule has 11 heavy (non-hydrogen) atoms. The molecule has 0 spiro atoms. The van der Waals surface area contributed by atoms with Crippen molar-refractivity contribution in [3.05, 3.63) is 18.5 Å². The van der Waals surface area contributed by atoms with Gasteiger partial charge in [0.2, 0.25) is 0 Å². The Morgan fingerprint density at radius 3 is 2.18 bits per heavy atom. The Bertz CT molecular complexity index is 200. The SMILES string of the molecule is CON(OC)c1ncccn1. The highest BCUT2D eigenvalue weighted by Crippen LogP contribution is 2.03. The van der Waals surface area contributed by atoms with Gasteiger partial charge in [-0.25, -0.2) is 19.6 Å². The van der Waals surface area contributed by atoms with E-state index in [2.05, 4.69) is 9.97 Å². The van der Waals surface area contributed by atoms with Crippen LogP contribution in [0.3, 0.4) is 0 Å².